The van der Waals surface area contributed by atoms with E-state index in [0.717, 1.165) is 19.6 Å². The molecule has 1 N–H and O–H groups in total. The van der Waals surface area contributed by atoms with Crippen molar-refractivity contribution in [1.29, 1.82) is 0 Å². The fourth-order valence-corrected chi connectivity index (χ4v) is 1.66. The number of hydrogen-bond donors (Lipinski definition) is 1. The predicted octanol–water partition coefficient (Wildman–Crippen LogP) is 3.31. The number of carbonyl (C=O) groups excluding carboxylic acids is 1. The Bertz CT molecular complexity index is 596. The second kappa shape index (κ2) is 16.1. The van der Waals surface area contributed by atoms with E-state index in [4.69, 9.17) is 9.84 Å². The van der Waals surface area contributed by atoms with Crippen molar-refractivity contribution in [3.8, 4) is 17.6 Å². The normalized spacial score (nSPS) is 10.0. The molecule has 0 atom stereocenters. The molecule has 1 aromatic heterocycles. The summed E-state index contributed by atoms with van der Waals surface area (Å²) in [5.41, 5.74) is 1.27. The average molecular weight is 358 g/mol. The molecule has 0 aliphatic heterocycles. The lowest BCUT2D eigenvalue weighted by molar-refractivity contribution is -0.104. The summed E-state index contributed by atoms with van der Waals surface area (Å²) in [6.45, 7) is 8.14. The summed E-state index contributed by atoms with van der Waals surface area (Å²) in [5, 5.41) is 8.95. The number of ether oxygens (including phenoxy) is 1. The van der Waals surface area contributed by atoms with Crippen molar-refractivity contribution in [3.05, 3.63) is 42.8 Å². The first-order chi connectivity index (χ1) is 12.5. The van der Waals surface area contributed by atoms with Crippen LogP contribution < -0.4 is 0 Å². The van der Waals surface area contributed by atoms with Crippen molar-refractivity contribution in [3.63, 3.8) is 0 Å². The highest BCUT2D eigenvalue weighted by Crippen LogP contribution is 2.13. The fourth-order valence-electron chi connectivity index (χ4n) is 1.66. The van der Waals surface area contributed by atoms with Gasteiger partial charge >= 0.3 is 0 Å². The van der Waals surface area contributed by atoms with Gasteiger partial charge in [-0.2, -0.15) is 0 Å². The summed E-state index contributed by atoms with van der Waals surface area (Å²) in [7, 11) is 4.02. The quantitative estimate of drug-likeness (QED) is 0.241. The Morgan fingerprint density at radius 1 is 1.35 bits per heavy atom. The van der Waals surface area contributed by atoms with Crippen LogP contribution in [0.1, 0.15) is 31.9 Å². The van der Waals surface area contributed by atoms with E-state index in [-0.39, 0.29) is 5.75 Å². The highest BCUT2D eigenvalue weighted by Gasteiger charge is 1.95. The van der Waals surface area contributed by atoms with Crippen LogP contribution in [0.25, 0.3) is 5.57 Å². The zero-order valence-corrected chi connectivity index (χ0v) is 16.1. The third-order valence-electron chi connectivity index (χ3n) is 3.04. The molecular weight excluding hydrogens is 328 g/mol. The molecule has 0 amide bonds. The van der Waals surface area contributed by atoms with Crippen molar-refractivity contribution < 1.29 is 14.6 Å². The van der Waals surface area contributed by atoms with E-state index >= 15 is 0 Å². The molecule has 1 rings (SSSR count). The monoisotopic (exact) mass is 358 g/mol. The Kier molecular flexibility index (Phi) is 14.6. The van der Waals surface area contributed by atoms with Crippen molar-refractivity contribution >= 4 is 11.9 Å². The van der Waals surface area contributed by atoms with Crippen LogP contribution in [0.4, 0.5) is 0 Å². The number of allylic oxidation sites excluding steroid dienone is 3. The number of rotatable bonds is 9. The Hall–Kier alpha value is -2.42. The Labute approximate surface area is 157 Å². The molecule has 0 aliphatic rings. The number of hydrogen-bond acceptors (Lipinski definition) is 5. The molecular formula is C21H30N2O3. The highest BCUT2D eigenvalue weighted by atomic mass is 16.5. The zero-order valence-electron chi connectivity index (χ0n) is 16.1. The summed E-state index contributed by atoms with van der Waals surface area (Å²) in [4.78, 5) is 16.0. The molecule has 5 heteroatoms. The molecule has 0 unspecified atom stereocenters. The largest absolute Gasteiger partial charge is 0.506 e. The van der Waals surface area contributed by atoms with Crippen molar-refractivity contribution in [2.75, 3.05) is 33.9 Å². The van der Waals surface area contributed by atoms with Crippen LogP contribution in [0, 0.1) is 11.8 Å². The molecule has 0 aliphatic carbocycles. The highest BCUT2D eigenvalue weighted by molar-refractivity contribution is 5.76. The summed E-state index contributed by atoms with van der Waals surface area (Å²) >= 11 is 0. The molecule has 0 radical (unpaired) electrons. The average Bonchev–Trinajstić information content (AvgIpc) is 2.63. The molecule has 0 spiro atoms. The minimum Gasteiger partial charge on any atom is -0.506 e. The van der Waals surface area contributed by atoms with Gasteiger partial charge in [0.05, 0.1) is 18.4 Å². The van der Waals surface area contributed by atoms with E-state index in [1.54, 1.807) is 12.1 Å². The van der Waals surface area contributed by atoms with Crippen molar-refractivity contribution in [1.82, 2.24) is 9.88 Å². The van der Waals surface area contributed by atoms with E-state index in [1.165, 1.54) is 31.2 Å². The topological polar surface area (TPSA) is 62.7 Å². The number of pyridine rings is 1. The van der Waals surface area contributed by atoms with Gasteiger partial charge in [0.15, 0.2) is 0 Å². The molecule has 0 saturated heterocycles. The van der Waals surface area contributed by atoms with Gasteiger partial charge in [-0.15, -0.1) is 0 Å². The summed E-state index contributed by atoms with van der Waals surface area (Å²) < 4.78 is 5.33. The van der Waals surface area contributed by atoms with Gasteiger partial charge in [-0.05, 0) is 44.3 Å². The maximum Gasteiger partial charge on any atom is 0.142 e. The minimum absolute atomic E-state index is 0.107. The van der Waals surface area contributed by atoms with Crippen molar-refractivity contribution in [2.45, 2.75) is 26.2 Å². The molecule has 0 bridgehead atoms. The fraction of sp³-hybridized carbons (Fsp3) is 0.429. The van der Waals surface area contributed by atoms with Crippen LogP contribution in [0.3, 0.4) is 0 Å². The van der Waals surface area contributed by atoms with E-state index in [2.05, 4.69) is 30.3 Å². The number of aromatic nitrogens is 1. The maximum absolute atomic E-state index is 10.0. The Balaban J connectivity index is 0.000000481. The van der Waals surface area contributed by atoms with E-state index in [9.17, 15) is 4.79 Å². The van der Waals surface area contributed by atoms with Gasteiger partial charge in [-0.25, -0.2) is 0 Å². The summed E-state index contributed by atoms with van der Waals surface area (Å²) in [6.07, 6.45) is 8.57. The van der Waals surface area contributed by atoms with Crippen LogP contribution in [0.15, 0.2) is 37.1 Å². The smallest absolute Gasteiger partial charge is 0.142 e. The Morgan fingerprint density at radius 3 is 2.69 bits per heavy atom. The van der Waals surface area contributed by atoms with Gasteiger partial charge in [0, 0.05) is 6.61 Å². The third-order valence-corrected chi connectivity index (χ3v) is 3.04. The Morgan fingerprint density at radius 2 is 2.12 bits per heavy atom. The molecule has 1 aromatic rings. The van der Waals surface area contributed by atoms with Gasteiger partial charge in [-0.3, -0.25) is 14.7 Å². The van der Waals surface area contributed by atoms with E-state index in [0.29, 0.717) is 24.2 Å². The van der Waals surface area contributed by atoms with Crippen molar-refractivity contribution in [2.24, 2.45) is 0 Å². The lowest BCUT2D eigenvalue weighted by atomic mass is 10.2. The van der Waals surface area contributed by atoms with E-state index < -0.39 is 0 Å². The number of carbonyl (C=O) groups is 1. The first kappa shape index (κ1) is 23.6. The van der Waals surface area contributed by atoms with Crippen LogP contribution in [0.5, 0.6) is 5.75 Å². The molecule has 5 nitrogen and oxygen atoms in total. The third kappa shape index (κ3) is 14.0. The van der Waals surface area contributed by atoms with Crippen LogP contribution in [-0.2, 0) is 9.53 Å². The molecule has 1 heterocycles. The summed E-state index contributed by atoms with van der Waals surface area (Å²) in [5.74, 6) is 6.11. The SMILES string of the molecule is C=C(/C=C\C=O)c1ccc(O)cn1.CCCCCOCC#CCN(C)C. The first-order valence-corrected chi connectivity index (χ1v) is 8.65. The summed E-state index contributed by atoms with van der Waals surface area (Å²) in [6, 6.07) is 3.15. The minimum atomic E-state index is 0.107. The van der Waals surface area contributed by atoms with Crippen LogP contribution in [-0.4, -0.2) is 55.1 Å². The number of nitrogens with zero attached hydrogens (tertiary/aromatic N) is 2. The molecule has 26 heavy (non-hydrogen) atoms. The predicted molar refractivity (Wildman–Crippen MR) is 107 cm³/mol. The van der Waals surface area contributed by atoms with Gasteiger partial charge < -0.3 is 9.84 Å². The van der Waals surface area contributed by atoms with Crippen LogP contribution in [0.2, 0.25) is 0 Å². The number of aromatic hydroxyl groups is 1. The second-order valence-electron chi connectivity index (χ2n) is 5.77. The number of aldehydes is 1. The standard InChI is InChI=1S/C11H21NO.C10H9NO2/c1-4-5-7-10-13-11-8-6-9-12(2)3;1-8(3-2-6-12)10-5-4-9(13)7-11-10/h4-5,7,9-11H2,1-3H3;2-7,13H,1H2/b;3-2-. The zero-order chi connectivity index (χ0) is 19.6. The van der Waals surface area contributed by atoms with Gasteiger partial charge in [0.2, 0.25) is 0 Å². The second-order valence-corrected chi connectivity index (χ2v) is 5.77. The first-order valence-electron chi connectivity index (χ1n) is 8.65. The lowest BCUT2D eigenvalue weighted by Gasteiger charge is -2.01. The molecule has 0 aromatic carbocycles. The molecule has 142 valence electrons. The van der Waals surface area contributed by atoms with Gasteiger partial charge in [0.25, 0.3) is 0 Å². The molecule has 0 fully saturated rings. The van der Waals surface area contributed by atoms with Crippen LogP contribution >= 0.6 is 0 Å². The maximum atomic E-state index is 10.0. The molecule has 0 saturated carbocycles. The van der Waals surface area contributed by atoms with Gasteiger partial charge in [-0.1, -0.05) is 44.3 Å². The lowest BCUT2D eigenvalue weighted by Crippen LogP contribution is -2.11. The van der Waals surface area contributed by atoms with E-state index in [1.807, 2.05) is 19.0 Å². The van der Waals surface area contributed by atoms with Gasteiger partial charge in [0.1, 0.15) is 18.6 Å². The number of unbranched alkanes of at least 4 members (excludes halogenated alkanes) is 2.